The first-order valence-electron chi connectivity index (χ1n) is 10.7. The molecule has 1 amide bonds. The lowest BCUT2D eigenvalue weighted by Gasteiger charge is -2.31. The molecule has 1 N–H and O–H groups in total. The average molecular weight is 507 g/mol. The number of halogens is 3. The number of thioether (sulfide) groups is 1. The lowest BCUT2D eigenvalue weighted by molar-refractivity contribution is -0.384. The van der Waals surface area contributed by atoms with Crippen LogP contribution in [0.2, 0.25) is 0 Å². The van der Waals surface area contributed by atoms with Crippen molar-refractivity contribution in [3.05, 3.63) is 58.1 Å². The highest BCUT2D eigenvalue weighted by molar-refractivity contribution is 7.99. The van der Waals surface area contributed by atoms with Gasteiger partial charge in [-0.3, -0.25) is 14.9 Å². The molecule has 1 saturated heterocycles. The molecule has 0 radical (unpaired) electrons. The number of amides is 1. The van der Waals surface area contributed by atoms with Crippen molar-refractivity contribution < 1.29 is 27.3 Å². The SMILES string of the molecule is O=C(CSc1nnc(-c2ccc([N+](=O)[O-])cc2)o1)Nc1cc(C(F)(F)F)ccc1N1CCCCC1. The first kappa shape index (κ1) is 24.5. The molecule has 1 aromatic heterocycles. The van der Waals surface area contributed by atoms with E-state index < -0.39 is 22.6 Å². The van der Waals surface area contributed by atoms with Gasteiger partial charge < -0.3 is 14.6 Å². The van der Waals surface area contributed by atoms with Crippen molar-refractivity contribution >= 4 is 34.7 Å². The number of rotatable bonds is 7. The Labute approximate surface area is 201 Å². The molecule has 13 heteroatoms. The highest BCUT2D eigenvalue weighted by atomic mass is 32.2. The van der Waals surface area contributed by atoms with Crippen LogP contribution in [0.4, 0.5) is 30.2 Å². The number of nitrogens with zero attached hydrogens (tertiary/aromatic N) is 4. The minimum absolute atomic E-state index is 0.0776. The molecule has 184 valence electrons. The van der Waals surface area contributed by atoms with Gasteiger partial charge in [-0.15, -0.1) is 10.2 Å². The van der Waals surface area contributed by atoms with Gasteiger partial charge in [-0.25, -0.2) is 0 Å². The predicted molar refractivity (Wildman–Crippen MR) is 123 cm³/mol. The highest BCUT2D eigenvalue weighted by Crippen LogP contribution is 2.36. The number of hydrogen-bond acceptors (Lipinski definition) is 8. The zero-order valence-corrected chi connectivity index (χ0v) is 19.1. The summed E-state index contributed by atoms with van der Waals surface area (Å²) >= 11 is 0.926. The van der Waals surface area contributed by atoms with Crippen molar-refractivity contribution in [2.75, 3.05) is 29.1 Å². The fraction of sp³-hybridized carbons (Fsp3) is 0.318. The zero-order valence-electron chi connectivity index (χ0n) is 18.2. The molecule has 0 bridgehead atoms. The van der Waals surface area contributed by atoms with Crippen LogP contribution in [0.15, 0.2) is 52.1 Å². The van der Waals surface area contributed by atoms with Crippen molar-refractivity contribution in [1.82, 2.24) is 10.2 Å². The Morgan fingerprint density at radius 3 is 2.49 bits per heavy atom. The third-order valence-corrected chi connectivity index (χ3v) is 6.17. The molecule has 0 saturated carbocycles. The number of piperidine rings is 1. The van der Waals surface area contributed by atoms with Gasteiger partial charge in [0.15, 0.2) is 0 Å². The number of carbonyl (C=O) groups is 1. The van der Waals surface area contributed by atoms with E-state index in [-0.39, 0.29) is 28.2 Å². The van der Waals surface area contributed by atoms with E-state index in [4.69, 9.17) is 4.42 Å². The summed E-state index contributed by atoms with van der Waals surface area (Å²) in [6.45, 7) is 1.41. The molecule has 0 atom stereocenters. The van der Waals surface area contributed by atoms with E-state index in [9.17, 15) is 28.1 Å². The van der Waals surface area contributed by atoms with E-state index >= 15 is 0 Å². The average Bonchev–Trinajstić information content (AvgIpc) is 3.32. The maximum atomic E-state index is 13.3. The molecule has 0 aliphatic carbocycles. The van der Waals surface area contributed by atoms with Gasteiger partial charge >= 0.3 is 6.18 Å². The van der Waals surface area contributed by atoms with E-state index in [0.717, 1.165) is 43.2 Å². The molecule has 4 rings (SSSR count). The number of alkyl halides is 3. The fourth-order valence-corrected chi connectivity index (χ4v) is 4.21. The molecule has 9 nitrogen and oxygen atoms in total. The van der Waals surface area contributed by atoms with Gasteiger partial charge in [0.25, 0.3) is 10.9 Å². The zero-order chi connectivity index (χ0) is 25.0. The minimum Gasteiger partial charge on any atom is -0.411 e. The second kappa shape index (κ2) is 10.3. The number of nitrogens with one attached hydrogen (secondary N) is 1. The van der Waals surface area contributed by atoms with Crippen molar-refractivity contribution in [3.8, 4) is 11.5 Å². The summed E-state index contributed by atoms with van der Waals surface area (Å²) in [5, 5.41) is 21.1. The third-order valence-electron chi connectivity index (χ3n) is 5.35. The Morgan fingerprint density at radius 1 is 1.11 bits per heavy atom. The predicted octanol–water partition coefficient (Wildman–Crippen LogP) is 5.38. The van der Waals surface area contributed by atoms with E-state index in [1.54, 1.807) is 0 Å². The van der Waals surface area contributed by atoms with Crippen molar-refractivity contribution in [3.63, 3.8) is 0 Å². The van der Waals surface area contributed by atoms with Gasteiger partial charge in [-0.2, -0.15) is 13.2 Å². The van der Waals surface area contributed by atoms with E-state index in [0.29, 0.717) is 24.3 Å². The maximum absolute atomic E-state index is 13.3. The quantitative estimate of drug-likeness (QED) is 0.257. The largest absolute Gasteiger partial charge is 0.416 e. The molecule has 35 heavy (non-hydrogen) atoms. The first-order valence-corrected chi connectivity index (χ1v) is 11.7. The second-order valence-corrected chi connectivity index (χ2v) is 8.72. The minimum atomic E-state index is -4.54. The number of carbonyl (C=O) groups excluding carboxylic acids is 1. The van der Waals surface area contributed by atoms with Crippen LogP contribution in [0.3, 0.4) is 0 Å². The Balaban J connectivity index is 1.43. The molecule has 0 unspecified atom stereocenters. The van der Waals surface area contributed by atoms with E-state index in [1.165, 1.54) is 30.3 Å². The fourth-order valence-electron chi connectivity index (χ4n) is 3.65. The molecule has 1 aliphatic heterocycles. The summed E-state index contributed by atoms with van der Waals surface area (Å²) in [6, 6.07) is 8.89. The molecule has 3 aromatic rings. The van der Waals surface area contributed by atoms with Crippen LogP contribution in [0.1, 0.15) is 24.8 Å². The lowest BCUT2D eigenvalue weighted by Crippen LogP contribution is -2.30. The van der Waals surface area contributed by atoms with Crippen LogP contribution in [0.25, 0.3) is 11.5 Å². The Kier molecular flexibility index (Phi) is 7.24. The van der Waals surface area contributed by atoms with Gasteiger partial charge in [0.1, 0.15) is 0 Å². The van der Waals surface area contributed by atoms with Crippen molar-refractivity contribution in [2.24, 2.45) is 0 Å². The van der Waals surface area contributed by atoms with Gasteiger partial charge in [-0.05, 0) is 49.6 Å². The van der Waals surface area contributed by atoms with Gasteiger partial charge in [-0.1, -0.05) is 11.8 Å². The second-order valence-electron chi connectivity index (χ2n) is 7.79. The smallest absolute Gasteiger partial charge is 0.411 e. The van der Waals surface area contributed by atoms with Gasteiger partial charge in [0.05, 0.1) is 27.6 Å². The molecule has 2 heterocycles. The summed E-state index contributed by atoms with van der Waals surface area (Å²) < 4.78 is 45.3. The van der Waals surface area contributed by atoms with Crippen LogP contribution in [0, 0.1) is 10.1 Å². The van der Waals surface area contributed by atoms with Crippen LogP contribution >= 0.6 is 11.8 Å². The number of nitro groups is 1. The number of hydrogen-bond donors (Lipinski definition) is 1. The molecule has 1 fully saturated rings. The molecule has 2 aromatic carbocycles. The Hall–Kier alpha value is -3.61. The number of benzene rings is 2. The summed E-state index contributed by atoms with van der Waals surface area (Å²) in [6.07, 6.45) is -1.62. The molecule has 1 aliphatic rings. The maximum Gasteiger partial charge on any atom is 0.416 e. The normalized spacial score (nSPS) is 14.1. The number of non-ortho nitro benzene ring substituents is 1. The standard InChI is InChI=1S/C22H20F3N5O4S/c23-22(24,25)15-6-9-18(29-10-2-1-3-11-29)17(12-15)26-19(31)13-35-21-28-27-20(34-21)14-4-7-16(8-5-14)30(32)33/h4-9,12H,1-3,10-11,13H2,(H,26,31). The highest BCUT2D eigenvalue weighted by Gasteiger charge is 2.32. The topological polar surface area (TPSA) is 114 Å². The lowest BCUT2D eigenvalue weighted by atomic mass is 10.1. The molecule has 0 spiro atoms. The summed E-state index contributed by atoms with van der Waals surface area (Å²) in [7, 11) is 0. The Morgan fingerprint density at radius 2 is 1.83 bits per heavy atom. The van der Waals surface area contributed by atoms with Crippen LogP contribution in [-0.2, 0) is 11.0 Å². The summed E-state index contributed by atoms with van der Waals surface area (Å²) in [4.78, 5) is 24.8. The van der Waals surface area contributed by atoms with Crippen LogP contribution in [0.5, 0.6) is 0 Å². The van der Waals surface area contributed by atoms with Crippen LogP contribution in [-0.4, -0.2) is 39.9 Å². The number of aromatic nitrogens is 2. The monoisotopic (exact) mass is 507 g/mol. The van der Waals surface area contributed by atoms with Crippen molar-refractivity contribution in [1.29, 1.82) is 0 Å². The van der Waals surface area contributed by atoms with E-state index in [2.05, 4.69) is 15.5 Å². The first-order chi connectivity index (χ1) is 16.7. The third kappa shape index (κ3) is 6.10. The molecular weight excluding hydrogens is 487 g/mol. The number of nitro benzene ring substituents is 1. The van der Waals surface area contributed by atoms with Crippen LogP contribution < -0.4 is 10.2 Å². The van der Waals surface area contributed by atoms with Gasteiger partial charge in [0, 0.05) is 30.8 Å². The summed E-state index contributed by atoms with van der Waals surface area (Å²) in [5.41, 5.74) is 0.192. The summed E-state index contributed by atoms with van der Waals surface area (Å²) in [5.74, 6) is -0.576. The Bertz CT molecular complexity index is 1210. The van der Waals surface area contributed by atoms with E-state index in [1.807, 2.05) is 4.90 Å². The van der Waals surface area contributed by atoms with Crippen molar-refractivity contribution in [2.45, 2.75) is 30.7 Å². The molecular formula is C22H20F3N5O4S. The van der Waals surface area contributed by atoms with Gasteiger partial charge in [0.2, 0.25) is 11.8 Å². The number of anilines is 2.